The average molecular weight is 481 g/mol. The van der Waals surface area contributed by atoms with Gasteiger partial charge in [0, 0.05) is 11.6 Å². The molecule has 2 aromatic carbocycles. The van der Waals surface area contributed by atoms with E-state index >= 15 is 0 Å². The molecule has 0 aliphatic heterocycles. The Morgan fingerprint density at radius 2 is 1.69 bits per heavy atom. The topological polar surface area (TPSA) is 35.5 Å². The lowest BCUT2D eigenvalue weighted by Gasteiger charge is -2.38. The van der Waals surface area contributed by atoms with Gasteiger partial charge in [-0.2, -0.15) is 26.3 Å². The minimum atomic E-state index is -4.66. The number of esters is 1. The molecule has 1 fully saturated rings. The highest BCUT2D eigenvalue weighted by atomic mass is 35.5. The highest BCUT2D eigenvalue weighted by Crippen LogP contribution is 2.46. The molecule has 0 spiro atoms. The smallest absolute Gasteiger partial charge is 0.422 e. The predicted molar refractivity (Wildman–Crippen MR) is 106 cm³/mol. The number of halogens is 7. The SMILES string of the molecule is CCC1(C(=O)Oc2cc(Cl)c(OCC(F)(F)F)c(-c3ccc(C(F)(F)F)cc3)c2)CCC1. The molecule has 0 aromatic heterocycles. The van der Waals surface area contributed by atoms with Crippen molar-refractivity contribution in [3.05, 3.63) is 47.0 Å². The van der Waals surface area contributed by atoms with E-state index in [1.807, 2.05) is 6.92 Å². The van der Waals surface area contributed by atoms with Gasteiger partial charge in [0.05, 0.1) is 16.0 Å². The normalized spacial score (nSPS) is 15.8. The molecule has 0 bridgehead atoms. The van der Waals surface area contributed by atoms with Crippen LogP contribution in [-0.2, 0) is 11.0 Å². The zero-order valence-corrected chi connectivity index (χ0v) is 17.6. The largest absolute Gasteiger partial charge is 0.482 e. The van der Waals surface area contributed by atoms with Crippen molar-refractivity contribution in [3.8, 4) is 22.6 Å². The van der Waals surface area contributed by atoms with Crippen LogP contribution in [-0.4, -0.2) is 18.8 Å². The van der Waals surface area contributed by atoms with Gasteiger partial charge in [0.2, 0.25) is 0 Å². The van der Waals surface area contributed by atoms with Crippen LogP contribution in [0.5, 0.6) is 11.5 Å². The number of carbonyl (C=O) groups is 1. The first-order chi connectivity index (χ1) is 14.8. The van der Waals surface area contributed by atoms with Crippen molar-refractivity contribution in [2.45, 2.75) is 45.0 Å². The first kappa shape index (κ1) is 24.2. The van der Waals surface area contributed by atoms with Gasteiger partial charge in [0.25, 0.3) is 0 Å². The van der Waals surface area contributed by atoms with E-state index < -0.39 is 35.9 Å². The first-order valence-electron chi connectivity index (χ1n) is 9.78. The minimum absolute atomic E-state index is 0.0302. The molecule has 0 heterocycles. The lowest BCUT2D eigenvalue weighted by molar-refractivity contribution is -0.153. The van der Waals surface area contributed by atoms with Gasteiger partial charge in [-0.15, -0.1) is 0 Å². The minimum Gasteiger partial charge on any atom is -0.482 e. The van der Waals surface area contributed by atoms with Gasteiger partial charge in [0.15, 0.2) is 6.61 Å². The zero-order chi connectivity index (χ0) is 23.7. The van der Waals surface area contributed by atoms with Crippen molar-refractivity contribution in [2.75, 3.05) is 6.61 Å². The van der Waals surface area contributed by atoms with Crippen LogP contribution in [0, 0.1) is 5.41 Å². The summed E-state index contributed by atoms with van der Waals surface area (Å²) in [6, 6.07) is 6.13. The average Bonchev–Trinajstić information content (AvgIpc) is 2.65. The standard InChI is InChI=1S/C22H19ClF6O3/c1-2-20(8-3-9-20)19(30)32-15-10-16(13-4-6-14(7-5-13)22(27,28)29)18(17(23)11-15)31-12-21(24,25)26/h4-7,10-11H,2-3,8-9,12H2,1H3. The molecule has 2 aromatic rings. The Labute approximate surface area is 185 Å². The third-order valence-electron chi connectivity index (χ3n) is 5.55. The van der Waals surface area contributed by atoms with Crippen LogP contribution >= 0.6 is 11.6 Å². The van der Waals surface area contributed by atoms with Crippen molar-refractivity contribution < 1.29 is 40.6 Å². The maximum atomic E-state index is 12.9. The molecule has 0 radical (unpaired) electrons. The molecular formula is C22H19ClF6O3. The van der Waals surface area contributed by atoms with Gasteiger partial charge in [-0.25, -0.2) is 0 Å². The molecule has 3 rings (SSSR count). The van der Waals surface area contributed by atoms with E-state index in [0.29, 0.717) is 19.3 Å². The number of hydrogen-bond donors (Lipinski definition) is 0. The third kappa shape index (κ3) is 5.31. The second kappa shape index (κ2) is 8.84. The monoisotopic (exact) mass is 480 g/mol. The van der Waals surface area contributed by atoms with E-state index in [2.05, 4.69) is 0 Å². The fourth-order valence-electron chi connectivity index (χ4n) is 3.50. The Morgan fingerprint density at radius 1 is 1.06 bits per heavy atom. The van der Waals surface area contributed by atoms with Crippen LogP contribution in [0.3, 0.4) is 0 Å². The second-order valence-corrected chi connectivity index (χ2v) is 8.04. The summed E-state index contributed by atoms with van der Waals surface area (Å²) >= 11 is 6.13. The number of rotatable bonds is 6. The summed E-state index contributed by atoms with van der Waals surface area (Å²) in [5.41, 5.74) is -1.46. The number of carbonyl (C=O) groups excluding carboxylic acids is 1. The fourth-order valence-corrected chi connectivity index (χ4v) is 3.77. The molecule has 0 saturated heterocycles. The summed E-state index contributed by atoms with van der Waals surface area (Å²) in [4.78, 5) is 12.6. The van der Waals surface area contributed by atoms with Crippen molar-refractivity contribution in [1.29, 1.82) is 0 Å². The van der Waals surface area contributed by atoms with E-state index in [1.165, 1.54) is 6.07 Å². The summed E-state index contributed by atoms with van der Waals surface area (Å²) < 4.78 is 87.0. The fraction of sp³-hybridized carbons (Fsp3) is 0.409. The van der Waals surface area contributed by atoms with Gasteiger partial charge in [0.1, 0.15) is 11.5 Å². The van der Waals surface area contributed by atoms with Crippen molar-refractivity contribution in [3.63, 3.8) is 0 Å². The molecule has 0 atom stereocenters. The van der Waals surface area contributed by atoms with E-state index in [4.69, 9.17) is 21.1 Å². The summed E-state index contributed by atoms with van der Waals surface area (Å²) in [5, 5.41) is -0.270. The van der Waals surface area contributed by atoms with Gasteiger partial charge < -0.3 is 9.47 Å². The molecule has 1 aliphatic rings. The number of alkyl halides is 6. The van der Waals surface area contributed by atoms with Crippen LogP contribution in [0.1, 0.15) is 38.2 Å². The van der Waals surface area contributed by atoms with Crippen LogP contribution in [0.4, 0.5) is 26.3 Å². The van der Waals surface area contributed by atoms with Gasteiger partial charge in [-0.05, 0) is 43.0 Å². The predicted octanol–water partition coefficient (Wildman–Crippen LogP) is 7.45. The van der Waals surface area contributed by atoms with Crippen LogP contribution in [0.25, 0.3) is 11.1 Å². The highest BCUT2D eigenvalue weighted by Gasteiger charge is 2.44. The van der Waals surface area contributed by atoms with Gasteiger partial charge >= 0.3 is 18.3 Å². The second-order valence-electron chi connectivity index (χ2n) is 7.64. The molecule has 10 heteroatoms. The van der Waals surface area contributed by atoms with E-state index in [1.54, 1.807) is 0 Å². The highest BCUT2D eigenvalue weighted by molar-refractivity contribution is 6.32. The van der Waals surface area contributed by atoms with Crippen molar-refractivity contribution in [1.82, 2.24) is 0 Å². The van der Waals surface area contributed by atoms with Crippen LogP contribution in [0.15, 0.2) is 36.4 Å². The van der Waals surface area contributed by atoms with Crippen LogP contribution in [0.2, 0.25) is 5.02 Å². The molecule has 3 nitrogen and oxygen atoms in total. The lowest BCUT2D eigenvalue weighted by Crippen LogP contribution is -2.40. The van der Waals surface area contributed by atoms with Crippen molar-refractivity contribution in [2.24, 2.45) is 5.41 Å². The molecule has 0 N–H and O–H groups in total. The first-order valence-corrected chi connectivity index (χ1v) is 10.2. The van der Waals surface area contributed by atoms with Gasteiger partial charge in [-0.3, -0.25) is 4.79 Å². The molecule has 1 saturated carbocycles. The molecular weight excluding hydrogens is 462 g/mol. The Bertz CT molecular complexity index is 973. The van der Waals surface area contributed by atoms with Crippen LogP contribution < -0.4 is 9.47 Å². The number of ether oxygens (including phenoxy) is 2. The molecule has 32 heavy (non-hydrogen) atoms. The summed E-state index contributed by atoms with van der Waals surface area (Å²) in [5.74, 6) is -0.893. The Hall–Kier alpha value is -2.42. The zero-order valence-electron chi connectivity index (χ0n) is 16.9. The van der Waals surface area contributed by atoms with E-state index in [0.717, 1.165) is 36.8 Å². The van der Waals surface area contributed by atoms with Crippen molar-refractivity contribution >= 4 is 17.6 Å². The molecule has 1 aliphatic carbocycles. The summed E-state index contributed by atoms with van der Waals surface area (Å²) in [6.45, 7) is 0.202. The maximum Gasteiger partial charge on any atom is 0.422 e. The Morgan fingerprint density at radius 3 is 2.16 bits per heavy atom. The molecule has 174 valence electrons. The van der Waals surface area contributed by atoms with E-state index in [-0.39, 0.29) is 27.6 Å². The molecule has 0 amide bonds. The Kier molecular flexibility index (Phi) is 6.70. The lowest BCUT2D eigenvalue weighted by atomic mass is 9.67. The summed E-state index contributed by atoms with van der Waals surface area (Å²) in [7, 11) is 0. The number of benzene rings is 2. The van der Waals surface area contributed by atoms with E-state index in [9.17, 15) is 31.1 Å². The Balaban J connectivity index is 2.00. The third-order valence-corrected chi connectivity index (χ3v) is 5.83. The maximum absolute atomic E-state index is 12.9. The number of hydrogen-bond acceptors (Lipinski definition) is 3. The molecule has 0 unspecified atom stereocenters. The summed E-state index contributed by atoms with van der Waals surface area (Å²) in [6.07, 6.45) is -6.48. The quantitative estimate of drug-likeness (QED) is 0.245. The van der Waals surface area contributed by atoms with Gasteiger partial charge in [-0.1, -0.05) is 37.1 Å².